The van der Waals surface area contributed by atoms with E-state index in [-0.39, 0.29) is 18.8 Å². The lowest BCUT2D eigenvalue weighted by molar-refractivity contribution is -0.154. The zero-order valence-corrected chi connectivity index (χ0v) is 10.1. The van der Waals surface area contributed by atoms with Crippen LogP contribution in [-0.4, -0.2) is 27.5 Å². The minimum Gasteiger partial charge on any atom is -0.480 e. The Morgan fingerprint density at radius 2 is 1.93 bits per heavy atom. The predicted octanol–water partition coefficient (Wildman–Crippen LogP) is 1.96. The second kappa shape index (κ2) is 5.34. The lowest BCUT2D eigenvalue weighted by atomic mass is 10.2. The molecule has 5 heteroatoms. The van der Waals surface area contributed by atoms with Gasteiger partial charge in [0.1, 0.15) is 10.4 Å². The molecule has 0 aliphatic rings. The largest absolute Gasteiger partial charge is 0.480 e. The molecule has 1 N–H and O–H groups in total. The number of carboxylic acid groups (broad SMARTS) is 1. The van der Waals surface area contributed by atoms with Crippen molar-refractivity contribution in [2.45, 2.75) is 44.0 Å². The molecule has 4 nitrogen and oxygen atoms in total. The first kappa shape index (κ1) is 13.4. The van der Waals surface area contributed by atoms with E-state index in [0.717, 1.165) is 0 Å². The summed E-state index contributed by atoms with van der Waals surface area (Å²) in [5.41, 5.74) is -0.512. The third-order valence-corrected chi connectivity index (χ3v) is 2.14. The topological polar surface area (TPSA) is 63.6 Å². The molecule has 0 aliphatic heterocycles. The zero-order chi connectivity index (χ0) is 11.4. The first-order valence-corrected chi connectivity index (χ1v) is 5.22. The van der Waals surface area contributed by atoms with Gasteiger partial charge in [0, 0.05) is 6.42 Å². The fourth-order valence-corrected chi connectivity index (χ4v) is 0.990. The van der Waals surface area contributed by atoms with E-state index < -0.39 is 16.4 Å². The van der Waals surface area contributed by atoms with Crippen molar-refractivity contribution < 1.29 is 19.4 Å². The normalized spacial score (nSPS) is 13.4. The van der Waals surface area contributed by atoms with Crippen LogP contribution in [0.1, 0.15) is 33.6 Å². The SMILES string of the molecule is CC(C)(C)OC(=O)CC[C@@H](Br)C(=O)O. The van der Waals surface area contributed by atoms with Crippen LogP contribution in [0.3, 0.4) is 0 Å². The summed E-state index contributed by atoms with van der Waals surface area (Å²) < 4.78 is 5.02. The molecule has 0 aromatic heterocycles. The van der Waals surface area contributed by atoms with E-state index in [0.29, 0.717) is 0 Å². The molecule has 0 amide bonds. The van der Waals surface area contributed by atoms with Gasteiger partial charge in [0.05, 0.1) is 0 Å². The van der Waals surface area contributed by atoms with Crippen LogP contribution in [0, 0.1) is 0 Å². The van der Waals surface area contributed by atoms with Crippen molar-refractivity contribution in [1.29, 1.82) is 0 Å². The second-order valence-corrected chi connectivity index (χ2v) is 5.04. The number of rotatable bonds is 4. The Bertz CT molecular complexity index is 219. The van der Waals surface area contributed by atoms with E-state index in [9.17, 15) is 9.59 Å². The number of aliphatic carboxylic acids is 1. The van der Waals surface area contributed by atoms with Crippen LogP contribution in [0.25, 0.3) is 0 Å². The Labute approximate surface area is 91.8 Å². The highest BCUT2D eigenvalue weighted by molar-refractivity contribution is 9.10. The number of hydrogen-bond donors (Lipinski definition) is 1. The molecule has 0 aliphatic carbocycles. The summed E-state index contributed by atoms with van der Waals surface area (Å²) in [5, 5.41) is 8.53. The molecule has 0 radical (unpaired) electrons. The Morgan fingerprint density at radius 1 is 1.43 bits per heavy atom. The molecular weight excluding hydrogens is 252 g/mol. The Hall–Kier alpha value is -0.580. The molecule has 0 spiro atoms. The number of carbonyl (C=O) groups is 2. The van der Waals surface area contributed by atoms with Gasteiger partial charge >= 0.3 is 11.9 Å². The molecule has 0 heterocycles. The van der Waals surface area contributed by atoms with Crippen molar-refractivity contribution in [1.82, 2.24) is 0 Å². The van der Waals surface area contributed by atoms with Crippen LogP contribution in [0.5, 0.6) is 0 Å². The van der Waals surface area contributed by atoms with Crippen LogP contribution >= 0.6 is 15.9 Å². The predicted molar refractivity (Wildman–Crippen MR) is 55.4 cm³/mol. The van der Waals surface area contributed by atoms with Gasteiger partial charge in [-0.05, 0) is 27.2 Å². The number of hydrogen-bond acceptors (Lipinski definition) is 3. The lowest BCUT2D eigenvalue weighted by Gasteiger charge is -2.19. The lowest BCUT2D eigenvalue weighted by Crippen LogP contribution is -2.24. The Morgan fingerprint density at radius 3 is 2.29 bits per heavy atom. The Balaban J connectivity index is 3.81. The molecule has 0 saturated heterocycles. The van der Waals surface area contributed by atoms with Gasteiger partial charge < -0.3 is 9.84 Å². The zero-order valence-electron chi connectivity index (χ0n) is 8.54. The van der Waals surface area contributed by atoms with Crippen molar-refractivity contribution in [2.75, 3.05) is 0 Å². The van der Waals surface area contributed by atoms with E-state index in [1.165, 1.54) is 0 Å². The molecule has 0 aromatic rings. The number of halogens is 1. The van der Waals surface area contributed by atoms with Crippen molar-refractivity contribution in [3.63, 3.8) is 0 Å². The molecule has 0 saturated carbocycles. The Kier molecular flexibility index (Phi) is 5.12. The molecule has 0 fully saturated rings. The van der Waals surface area contributed by atoms with Gasteiger partial charge in [-0.1, -0.05) is 15.9 Å². The highest BCUT2D eigenvalue weighted by Crippen LogP contribution is 2.13. The fourth-order valence-electron chi connectivity index (χ4n) is 0.761. The van der Waals surface area contributed by atoms with E-state index >= 15 is 0 Å². The van der Waals surface area contributed by atoms with Crippen LogP contribution in [-0.2, 0) is 14.3 Å². The number of esters is 1. The minimum absolute atomic E-state index is 0.111. The van der Waals surface area contributed by atoms with Crippen LogP contribution in [0.4, 0.5) is 0 Å². The first-order chi connectivity index (χ1) is 6.22. The van der Waals surface area contributed by atoms with Gasteiger partial charge in [-0.15, -0.1) is 0 Å². The molecule has 0 unspecified atom stereocenters. The summed E-state index contributed by atoms with van der Waals surface area (Å²) in [7, 11) is 0. The number of alkyl halides is 1. The second-order valence-electron chi connectivity index (χ2n) is 3.93. The summed E-state index contributed by atoms with van der Waals surface area (Å²) in [6.45, 7) is 5.31. The number of ether oxygens (including phenoxy) is 1. The molecular formula is C9H15BrO4. The summed E-state index contributed by atoms with van der Waals surface area (Å²) in [5.74, 6) is -1.34. The maximum Gasteiger partial charge on any atom is 0.317 e. The van der Waals surface area contributed by atoms with Crippen molar-refractivity contribution in [2.24, 2.45) is 0 Å². The van der Waals surface area contributed by atoms with Crippen LogP contribution in [0.2, 0.25) is 0 Å². The van der Waals surface area contributed by atoms with E-state index in [4.69, 9.17) is 9.84 Å². The van der Waals surface area contributed by atoms with Crippen LogP contribution in [0.15, 0.2) is 0 Å². The maximum absolute atomic E-state index is 11.1. The smallest absolute Gasteiger partial charge is 0.317 e. The van der Waals surface area contributed by atoms with Crippen molar-refractivity contribution in [3.8, 4) is 0 Å². The van der Waals surface area contributed by atoms with Crippen LogP contribution < -0.4 is 0 Å². The summed E-state index contributed by atoms with van der Waals surface area (Å²) in [4.78, 5) is 20.9. The third kappa shape index (κ3) is 6.88. The summed E-state index contributed by atoms with van der Waals surface area (Å²) in [6, 6.07) is 0. The van der Waals surface area contributed by atoms with Crippen molar-refractivity contribution >= 4 is 27.9 Å². The van der Waals surface area contributed by atoms with Gasteiger partial charge in [-0.25, -0.2) is 0 Å². The fraction of sp³-hybridized carbons (Fsp3) is 0.778. The molecule has 14 heavy (non-hydrogen) atoms. The quantitative estimate of drug-likeness (QED) is 0.624. The number of carbonyl (C=O) groups excluding carboxylic acids is 1. The van der Waals surface area contributed by atoms with Gasteiger partial charge in [-0.3, -0.25) is 9.59 Å². The van der Waals surface area contributed by atoms with E-state index in [1.54, 1.807) is 20.8 Å². The summed E-state index contributed by atoms with van der Waals surface area (Å²) in [6.07, 6.45) is 0.351. The average Bonchev–Trinajstić information content (AvgIpc) is 1.96. The monoisotopic (exact) mass is 266 g/mol. The standard InChI is InChI=1S/C9H15BrO4/c1-9(2,3)14-7(11)5-4-6(10)8(12)13/h6H,4-5H2,1-3H3,(H,12,13)/t6-/m1/s1. The molecule has 1 atom stereocenters. The highest BCUT2D eigenvalue weighted by atomic mass is 79.9. The summed E-state index contributed by atoms with van der Waals surface area (Å²) >= 11 is 2.94. The number of carboxylic acids is 1. The molecule has 0 aromatic carbocycles. The average molecular weight is 267 g/mol. The van der Waals surface area contributed by atoms with Gasteiger partial charge in [0.15, 0.2) is 0 Å². The van der Waals surface area contributed by atoms with Gasteiger partial charge in [-0.2, -0.15) is 0 Å². The third-order valence-electron chi connectivity index (χ3n) is 1.29. The van der Waals surface area contributed by atoms with E-state index in [2.05, 4.69) is 15.9 Å². The minimum atomic E-state index is -0.964. The highest BCUT2D eigenvalue weighted by Gasteiger charge is 2.19. The maximum atomic E-state index is 11.1. The molecule has 82 valence electrons. The van der Waals surface area contributed by atoms with Gasteiger partial charge in [0.2, 0.25) is 0 Å². The molecule has 0 bridgehead atoms. The first-order valence-electron chi connectivity index (χ1n) is 4.31. The van der Waals surface area contributed by atoms with E-state index in [1.807, 2.05) is 0 Å². The van der Waals surface area contributed by atoms with Gasteiger partial charge in [0.25, 0.3) is 0 Å². The van der Waals surface area contributed by atoms with Crippen molar-refractivity contribution in [3.05, 3.63) is 0 Å². The molecule has 0 rings (SSSR count).